The van der Waals surface area contributed by atoms with Gasteiger partial charge in [-0.1, -0.05) is 27.7 Å². The number of nitro benzene ring substituents is 2. The van der Waals surface area contributed by atoms with Crippen molar-refractivity contribution in [3.8, 4) is 0 Å². The van der Waals surface area contributed by atoms with E-state index in [0.717, 1.165) is 31.0 Å². The number of hydrogen-bond acceptors (Lipinski definition) is 5. The van der Waals surface area contributed by atoms with Crippen LogP contribution in [0.1, 0.15) is 50.9 Å². The van der Waals surface area contributed by atoms with E-state index in [9.17, 15) is 25.0 Å². The van der Waals surface area contributed by atoms with E-state index in [4.69, 9.17) is 0 Å². The number of nitro groups is 2. The molecule has 25 heavy (non-hydrogen) atoms. The van der Waals surface area contributed by atoms with Crippen LogP contribution in [0.25, 0.3) is 0 Å². The van der Waals surface area contributed by atoms with Gasteiger partial charge in [0.05, 0.1) is 21.5 Å². The fourth-order valence-corrected chi connectivity index (χ4v) is 2.25. The van der Waals surface area contributed by atoms with Crippen molar-refractivity contribution in [3.05, 3.63) is 44.0 Å². The predicted octanol–water partition coefficient (Wildman–Crippen LogP) is 4.04. The Kier molecular flexibility index (Phi) is 7.47. The number of carbonyl (C=O) groups is 1. The zero-order valence-corrected chi connectivity index (χ0v) is 15.1. The van der Waals surface area contributed by atoms with Crippen molar-refractivity contribution in [3.63, 3.8) is 0 Å². The van der Waals surface area contributed by atoms with Crippen LogP contribution in [-0.4, -0.2) is 33.7 Å². The minimum atomic E-state index is -0.726. The Balaban J connectivity index is 3.16. The lowest BCUT2D eigenvalue weighted by atomic mass is 10.1. The van der Waals surface area contributed by atoms with Crippen molar-refractivity contribution >= 4 is 17.3 Å². The summed E-state index contributed by atoms with van der Waals surface area (Å²) in [4.78, 5) is 35.0. The Labute approximate surface area is 147 Å². The summed E-state index contributed by atoms with van der Waals surface area (Å²) in [7, 11) is 0. The zero-order valence-electron chi connectivity index (χ0n) is 15.1. The number of benzene rings is 1. The molecule has 8 heteroatoms. The van der Waals surface area contributed by atoms with Crippen molar-refractivity contribution in [2.45, 2.75) is 40.5 Å². The average Bonchev–Trinajstić information content (AvgIpc) is 2.53. The number of nitrogens with zero attached hydrogens (tertiary/aromatic N) is 3. The Morgan fingerprint density at radius 2 is 1.32 bits per heavy atom. The molecule has 0 aromatic heterocycles. The van der Waals surface area contributed by atoms with Crippen LogP contribution in [0.2, 0.25) is 0 Å². The standard InChI is InChI=1S/C17H25N3O5/c1-12(2)5-7-18(8-6-13(3)4)17(21)14-9-15(19(22)23)11-16(10-14)20(24)25/h9-13H,5-8H2,1-4H3. The Hall–Kier alpha value is -2.51. The highest BCUT2D eigenvalue weighted by Gasteiger charge is 2.23. The summed E-state index contributed by atoms with van der Waals surface area (Å²) in [6.07, 6.45) is 1.59. The molecule has 138 valence electrons. The molecular weight excluding hydrogens is 326 g/mol. The summed E-state index contributed by atoms with van der Waals surface area (Å²) in [6, 6.07) is 3.07. The van der Waals surface area contributed by atoms with Crippen molar-refractivity contribution < 1.29 is 14.6 Å². The molecule has 1 aromatic rings. The molecule has 1 rings (SSSR count). The molecule has 0 radical (unpaired) electrons. The van der Waals surface area contributed by atoms with Gasteiger partial charge in [-0.25, -0.2) is 0 Å². The molecule has 0 atom stereocenters. The lowest BCUT2D eigenvalue weighted by molar-refractivity contribution is -0.394. The second-order valence-corrected chi connectivity index (χ2v) is 6.91. The summed E-state index contributed by atoms with van der Waals surface area (Å²) in [5, 5.41) is 22.0. The molecule has 1 amide bonds. The van der Waals surface area contributed by atoms with Crippen LogP contribution in [-0.2, 0) is 0 Å². The lowest BCUT2D eigenvalue weighted by Crippen LogP contribution is -2.34. The normalized spacial score (nSPS) is 11.0. The Morgan fingerprint density at radius 3 is 1.64 bits per heavy atom. The number of amides is 1. The van der Waals surface area contributed by atoms with Crippen molar-refractivity contribution in [2.24, 2.45) is 11.8 Å². The van der Waals surface area contributed by atoms with Gasteiger partial charge in [-0.05, 0) is 24.7 Å². The zero-order chi connectivity index (χ0) is 19.1. The monoisotopic (exact) mass is 351 g/mol. The molecule has 8 nitrogen and oxygen atoms in total. The van der Waals surface area contributed by atoms with Gasteiger partial charge in [0.1, 0.15) is 0 Å². The summed E-state index contributed by atoms with van der Waals surface area (Å²) < 4.78 is 0. The average molecular weight is 351 g/mol. The minimum absolute atomic E-state index is 0.0200. The molecule has 0 N–H and O–H groups in total. The first-order valence-corrected chi connectivity index (χ1v) is 8.35. The molecule has 0 aliphatic heterocycles. The van der Waals surface area contributed by atoms with Crippen molar-refractivity contribution in [1.29, 1.82) is 0 Å². The topological polar surface area (TPSA) is 107 Å². The molecule has 0 saturated heterocycles. The quantitative estimate of drug-likeness (QED) is 0.493. The molecule has 0 fully saturated rings. The third-order valence-corrected chi connectivity index (χ3v) is 3.81. The molecule has 0 bridgehead atoms. The highest BCUT2D eigenvalue weighted by atomic mass is 16.6. The smallest absolute Gasteiger partial charge is 0.277 e. The van der Waals surface area contributed by atoms with E-state index in [1.54, 1.807) is 4.90 Å². The number of rotatable bonds is 9. The first-order valence-electron chi connectivity index (χ1n) is 8.35. The molecular formula is C17H25N3O5. The van der Waals surface area contributed by atoms with Gasteiger partial charge in [0.15, 0.2) is 0 Å². The molecule has 0 spiro atoms. The molecule has 0 aliphatic rings. The van der Waals surface area contributed by atoms with Gasteiger partial charge >= 0.3 is 0 Å². The van der Waals surface area contributed by atoms with Crippen LogP contribution in [0.15, 0.2) is 18.2 Å². The van der Waals surface area contributed by atoms with Crippen LogP contribution in [0.4, 0.5) is 11.4 Å². The highest BCUT2D eigenvalue weighted by Crippen LogP contribution is 2.24. The second-order valence-electron chi connectivity index (χ2n) is 6.91. The third kappa shape index (κ3) is 6.48. The second kappa shape index (κ2) is 9.10. The van der Waals surface area contributed by atoms with Gasteiger partial charge < -0.3 is 4.90 Å². The van der Waals surface area contributed by atoms with Crippen LogP contribution in [0, 0.1) is 32.1 Å². The molecule has 0 saturated carbocycles. The van der Waals surface area contributed by atoms with Gasteiger partial charge in [0, 0.05) is 25.2 Å². The first-order chi connectivity index (χ1) is 11.6. The van der Waals surface area contributed by atoms with E-state index < -0.39 is 27.1 Å². The number of hydrogen-bond donors (Lipinski definition) is 0. The van der Waals surface area contributed by atoms with Crippen molar-refractivity contribution in [2.75, 3.05) is 13.1 Å². The molecule has 0 unspecified atom stereocenters. The Bertz CT molecular complexity index is 599. The predicted molar refractivity (Wildman–Crippen MR) is 94.6 cm³/mol. The van der Waals surface area contributed by atoms with E-state index in [1.165, 1.54) is 0 Å². The largest absolute Gasteiger partial charge is 0.339 e. The third-order valence-electron chi connectivity index (χ3n) is 3.81. The first kappa shape index (κ1) is 20.5. The van der Waals surface area contributed by atoms with E-state index in [-0.39, 0.29) is 5.56 Å². The van der Waals surface area contributed by atoms with E-state index in [0.29, 0.717) is 24.9 Å². The van der Waals surface area contributed by atoms with Gasteiger partial charge in [0.25, 0.3) is 17.3 Å². The fourth-order valence-electron chi connectivity index (χ4n) is 2.25. The van der Waals surface area contributed by atoms with Gasteiger partial charge in [-0.2, -0.15) is 0 Å². The van der Waals surface area contributed by atoms with E-state index in [2.05, 4.69) is 0 Å². The maximum absolute atomic E-state index is 12.8. The van der Waals surface area contributed by atoms with Gasteiger partial charge in [-0.3, -0.25) is 25.0 Å². The molecule has 0 aliphatic carbocycles. The fraction of sp³-hybridized carbons (Fsp3) is 0.588. The Morgan fingerprint density at radius 1 is 0.920 bits per heavy atom. The highest BCUT2D eigenvalue weighted by molar-refractivity contribution is 5.95. The van der Waals surface area contributed by atoms with E-state index in [1.807, 2.05) is 27.7 Å². The maximum Gasteiger partial charge on any atom is 0.277 e. The van der Waals surface area contributed by atoms with Crippen LogP contribution >= 0.6 is 0 Å². The summed E-state index contributed by atoms with van der Waals surface area (Å²) in [5.41, 5.74) is -0.927. The number of non-ortho nitro benzene ring substituents is 2. The summed E-state index contributed by atoms with van der Waals surface area (Å²) in [5.74, 6) is 0.385. The van der Waals surface area contributed by atoms with Gasteiger partial charge in [-0.15, -0.1) is 0 Å². The van der Waals surface area contributed by atoms with Crippen LogP contribution in [0.5, 0.6) is 0 Å². The summed E-state index contributed by atoms with van der Waals surface area (Å²) in [6.45, 7) is 9.21. The molecule has 1 aromatic carbocycles. The van der Waals surface area contributed by atoms with E-state index >= 15 is 0 Å². The maximum atomic E-state index is 12.8. The van der Waals surface area contributed by atoms with Crippen LogP contribution < -0.4 is 0 Å². The van der Waals surface area contributed by atoms with Crippen LogP contribution in [0.3, 0.4) is 0 Å². The van der Waals surface area contributed by atoms with Gasteiger partial charge in [0.2, 0.25) is 0 Å². The SMILES string of the molecule is CC(C)CCN(CCC(C)C)C(=O)c1cc([N+](=O)[O-])cc([N+](=O)[O-])c1. The summed E-state index contributed by atoms with van der Waals surface area (Å²) >= 11 is 0. The lowest BCUT2D eigenvalue weighted by Gasteiger charge is -2.24. The van der Waals surface area contributed by atoms with Crippen molar-refractivity contribution in [1.82, 2.24) is 4.90 Å². The molecule has 0 heterocycles. The minimum Gasteiger partial charge on any atom is -0.339 e. The number of carbonyl (C=O) groups excluding carboxylic acids is 1.